The SMILES string of the molecule is C=C(CNCCCN(CC)CC)C(=O)O. The molecule has 0 radical (unpaired) electrons. The van der Waals surface area contributed by atoms with E-state index in [1.807, 2.05) is 0 Å². The van der Waals surface area contributed by atoms with Crippen LogP contribution in [0.3, 0.4) is 0 Å². The highest BCUT2D eigenvalue weighted by Crippen LogP contribution is 1.90. The van der Waals surface area contributed by atoms with Crippen molar-refractivity contribution in [3.8, 4) is 0 Å². The maximum Gasteiger partial charge on any atom is 0.332 e. The number of nitrogens with one attached hydrogen (secondary N) is 1. The number of carboxylic acids is 1. The maximum atomic E-state index is 10.4. The van der Waals surface area contributed by atoms with Crippen molar-refractivity contribution >= 4 is 5.97 Å². The van der Waals surface area contributed by atoms with Gasteiger partial charge in [0.25, 0.3) is 0 Å². The van der Waals surface area contributed by atoms with Gasteiger partial charge >= 0.3 is 5.97 Å². The molecule has 0 aliphatic heterocycles. The first-order chi connectivity index (χ1) is 7.11. The summed E-state index contributed by atoms with van der Waals surface area (Å²) in [5.41, 5.74) is 0.220. The summed E-state index contributed by atoms with van der Waals surface area (Å²) < 4.78 is 0. The fourth-order valence-corrected chi connectivity index (χ4v) is 1.28. The number of hydrogen-bond donors (Lipinski definition) is 2. The van der Waals surface area contributed by atoms with Gasteiger partial charge in [0.15, 0.2) is 0 Å². The van der Waals surface area contributed by atoms with Crippen LogP contribution in [0.4, 0.5) is 0 Å². The van der Waals surface area contributed by atoms with E-state index in [4.69, 9.17) is 5.11 Å². The summed E-state index contributed by atoms with van der Waals surface area (Å²) in [6, 6.07) is 0. The van der Waals surface area contributed by atoms with E-state index >= 15 is 0 Å². The standard InChI is InChI=1S/C11H22N2O2/c1-4-13(5-2)8-6-7-12-9-10(3)11(14)15/h12H,3-9H2,1-2H3,(H,14,15). The van der Waals surface area contributed by atoms with Gasteiger partial charge < -0.3 is 15.3 Å². The smallest absolute Gasteiger partial charge is 0.332 e. The van der Waals surface area contributed by atoms with Crippen LogP contribution < -0.4 is 5.32 Å². The van der Waals surface area contributed by atoms with Crippen LogP contribution in [0.15, 0.2) is 12.2 Å². The van der Waals surface area contributed by atoms with Gasteiger partial charge in [-0.25, -0.2) is 4.79 Å². The van der Waals surface area contributed by atoms with Crippen LogP contribution >= 0.6 is 0 Å². The molecule has 0 fully saturated rings. The van der Waals surface area contributed by atoms with Crippen LogP contribution in [0, 0.1) is 0 Å². The molecular weight excluding hydrogens is 192 g/mol. The summed E-state index contributed by atoms with van der Waals surface area (Å²) in [7, 11) is 0. The molecular formula is C11H22N2O2. The maximum absolute atomic E-state index is 10.4. The van der Waals surface area contributed by atoms with Crippen molar-refractivity contribution in [2.45, 2.75) is 20.3 Å². The molecule has 0 spiro atoms. The molecule has 0 atom stereocenters. The lowest BCUT2D eigenvalue weighted by atomic mass is 10.3. The molecule has 0 saturated heterocycles. The van der Waals surface area contributed by atoms with E-state index in [-0.39, 0.29) is 5.57 Å². The van der Waals surface area contributed by atoms with Crippen LogP contribution in [-0.4, -0.2) is 48.7 Å². The first kappa shape index (κ1) is 14.1. The largest absolute Gasteiger partial charge is 0.478 e. The lowest BCUT2D eigenvalue weighted by Crippen LogP contribution is -2.28. The predicted octanol–water partition coefficient (Wildman–Crippen LogP) is 0.949. The second-order valence-electron chi connectivity index (χ2n) is 3.47. The van der Waals surface area contributed by atoms with Crippen LogP contribution in [0.1, 0.15) is 20.3 Å². The van der Waals surface area contributed by atoms with Gasteiger partial charge in [0.2, 0.25) is 0 Å². The Morgan fingerprint density at radius 1 is 1.40 bits per heavy atom. The Hall–Kier alpha value is -0.870. The Kier molecular flexibility index (Phi) is 7.95. The van der Waals surface area contributed by atoms with E-state index in [1.54, 1.807) is 0 Å². The summed E-state index contributed by atoms with van der Waals surface area (Å²) in [5, 5.41) is 11.6. The number of carbonyl (C=O) groups is 1. The fourth-order valence-electron chi connectivity index (χ4n) is 1.28. The number of rotatable bonds is 9. The molecule has 0 rings (SSSR count). The summed E-state index contributed by atoms with van der Waals surface area (Å²) >= 11 is 0. The Bertz CT molecular complexity index is 201. The average molecular weight is 214 g/mol. The number of aliphatic carboxylic acids is 1. The zero-order valence-electron chi connectivity index (χ0n) is 9.75. The number of nitrogens with zero attached hydrogens (tertiary/aromatic N) is 1. The van der Waals surface area contributed by atoms with Crippen LogP contribution in [0.2, 0.25) is 0 Å². The van der Waals surface area contributed by atoms with Gasteiger partial charge in [-0.15, -0.1) is 0 Å². The predicted molar refractivity (Wildman–Crippen MR) is 62.1 cm³/mol. The normalized spacial score (nSPS) is 10.6. The summed E-state index contributed by atoms with van der Waals surface area (Å²) in [6.07, 6.45) is 1.04. The molecule has 0 amide bonds. The molecule has 15 heavy (non-hydrogen) atoms. The fraction of sp³-hybridized carbons (Fsp3) is 0.727. The molecule has 0 aromatic heterocycles. The Morgan fingerprint density at radius 3 is 2.47 bits per heavy atom. The highest BCUT2D eigenvalue weighted by atomic mass is 16.4. The van der Waals surface area contributed by atoms with Gasteiger partial charge in [-0.1, -0.05) is 20.4 Å². The quantitative estimate of drug-likeness (QED) is 0.443. The molecule has 0 bridgehead atoms. The number of hydrogen-bond acceptors (Lipinski definition) is 3. The average Bonchev–Trinajstić information content (AvgIpc) is 2.23. The highest BCUT2D eigenvalue weighted by molar-refractivity contribution is 5.86. The Balaban J connectivity index is 3.39. The molecule has 88 valence electrons. The van der Waals surface area contributed by atoms with E-state index < -0.39 is 5.97 Å². The molecule has 0 aromatic carbocycles. The minimum atomic E-state index is -0.925. The van der Waals surface area contributed by atoms with E-state index in [0.29, 0.717) is 6.54 Å². The van der Waals surface area contributed by atoms with Gasteiger partial charge in [-0.05, 0) is 32.6 Å². The molecule has 2 N–H and O–H groups in total. The van der Waals surface area contributed by atoms with Crippen LogP contribution in [-0.2, 0) is 4.79 Å². The third-order valence-electron chi connectivity index (χ3n) is 2.36. The van der Waals surface area contributed by atoms with Crippen molar-refractivity contribution in [2.24, 2.45) is 0 Å². The van der Waals surface area contributed by atoms with E-state index in [2.05, 4.69) is 30.6 Å². The topological polar surface area (TPSA) is 52.6 Å². The summed E-state index contributed by atoms with van der Waals surface area (Å²) in [5.74, 6) is -0.925. The van der Waals surface area contributed by atoms with Crippen molar-refractivity contribution in [3.63, 3.8) is 0 Å². The second-order valence-corrected chi connectivity index (χ2v) is 3.47. The lowest BCUT2D eigenvalue weighted by Gasteiger charge is -2.17. The van der Waals surface area contributed by atoms with Gasteiger partial charge in [-0.2, -0.15) is 0 Å². The third-order valence-corrected chi connectivity index (χ3v) is 2.36. The Labute approximate surface area is 92.0 Å². The van der Waals surface area contributed by atoms with E-state index in [9.17, 15) is 4.79 Å². The Morgan fingerprint density at radius 2 is 2.00 bits per heavy atom. The van der Waals surface area contributed by atoms with Crippen molar-refractivity contribution in [3.05, 3.63) is 12.2 Å². The van der Waals surface area contributed by atoms with Gasteiger partial charge in [0.1, 0.15) is 0 Å². The molecule has 4 nitrogen and oxygen atoms in total. The first-order valence-electron chi connectivity index (χ1n) is 5.45. The molecule has 4 heteroatoms. The molecule has 0 saturated carbocycles. The molecule has 0 aromatic rings. The van der Waals surface area contributed by atoms with Crippen LogP contribution in [0.25, 0.3) is 0 Å². The monoisotopic (exact) mass is 214 g/mol. The van der Waals surface area contributed by atoms with E-state index in [1.165, 1.54) is 0 Å². The molecule has 0 aliphatic rings. The van der Waals surface area contributed by atoms with Gasteiger partial charge in [-0.3, -0.25) is 0 Å². The summed E-state index contributed by atoms with van der Waals surface area (Å²) in [4.78, 5) is 12.8. The van der Waals surface area contributed by atoms with Gasteiger partial charge in [0, 0.05) is 12.1 Å². The zero-order chi connectivity index (χ0) is 11.7. The van der Waals surface area contributed by atoms with Crippen molar-refractivity contribution in [1.82, 2.24) is 10.2 Å². The molecule has 0 aliphatic carbocycles. The van der Waals surface area contributed by atoms with Crippen molar-refractivity contribution in [2.75, 3.05) is 32.7 Å². The van der Waals surface area contributed by atoms with Crippen LogP contribution in [0.5, 0.6) is 0 Å². The minimum absolute atomic E-state index is 0.220. The second kappa shape index (κ2) is 8.44. The lowest BCUT2D eigenvalue weighted by molar-refractivity contribution is -0.132. The zero-order valence-corrected chi connectivity index (χ0v) is 9.75. The van der Waals surface area contributed by atoms with Gasteiger partial charge in [0.05, 0.1) is 0 Å². The number of carboxylic acid groups (broad SMARTS) is 1. The minimum Gasteiger partial charge on any atom is -0.478 e. The summed E-state index contributed by atoms with van der Waals surface area (Å²) in [6.45, 7) is 12.1. The van der Waals surface area contributed by atoms with Crippen molar-refractivity contribution < 1.29 is 9.90 Å². The highest BCUT2D eigenvalue weighted by Gasteiger charge is 2.02. The molecule has 0 unspecified atom stereocenters. The third kappa shape index (κ3) is 7.11. The first-order valence-corrected chi connectivity index (χ1v) is 5.45. The van der Waals surface area contributed by atoms with Crippen molar-refractivity contribution in [1.29, 1.82) is 0 Å². The molecule has 0 heterocycles. The van der Waals surface area contributed by atoms with E-state index in [0.717, 1.165) is 32.6 Å².